The van der Waals surface area contributed by atoms with Crippen LogP contribution < -0.4 is 0 Å². The van der Waals surface area contributed by atoms with Crippen molar-refractivity contribution in [3.05, 3.63) is 36.5 Å². The van der Waals surface area contributed by atoms with Crippen molar-refractivity contribution in [3.8, 4) is 0 Å². The molecule has 0 amide bonds. The average Bonchev–Trinajstić information content (AvgIpc) is 3.17. The molecule has 0 bridgehead atoms. The summed E-state index contributed by atoms with van der Waals surface area (Å²) in [5.74, 6) is 0.129. The number of rotatable bonds is 41. The summed E-state index contributed by atoms with van der Waals surface area (Å²) in [7, 11) is 0. The minimum Gasteiger partial charge on any atom is -0.462 e. The van der Waals surface area contributed by atoms with E-state index in [0.29, 0.717) is 19.3 Å². The predicted molar refractivity (Wildman–Crippen MR) is 230 cm³/mol. The second kappa shape index (κ2) is 42.2. The first kappa shape index (κ1) is 52.1. The van der Waals surface area contributed by atoms with E-state index in [1.165, 1.54) is 148 Å². The fraction of sp³-hybridized carbons (Fsp3) is 0.833. The number of esters is 2. The van der Waals surface area contributed by atoms with E-state index >= 15 is 0 Å². The fourth-order valence-corrected chi connectivity index (χ4v) is 6.66. The molecule has 3 atom stereocenters. The fourth-order valence-electron chi connectivity index (χ4n) is 6.66. The van der Waals surface area contributed by atoms with Crippen molar-refractivity contribution in [3.63, 3.8) is 0 Å². The van der Waals surface area contributed by atoms with Gasteiger partial charge in [0.15, 0.2) is 6.10 Å². The molecule has 0 aromatic carbocycles. The Morgan fingerprint density at radius 1 is 0.574 bits per heavy atom. The third kappa shape index (κ3) is 39.8. The number of hydrogen-bond acceptors (Lipinski definition) is 6. The Bertz CT molecular complexity index is 896. The van der Waals surface area contributed by atoms with Gasteiger partial charge in [-0.15, -0.1) is 0 Å². The zero-order valence-corrected chi connectivity index (χ0v) is 35.8. The lowest BCUT2D eigenvalue weighted by Crippen LogP contribution is -2.28. The van der Waals surface area contributed by atoms with E-state index in [0.717, 1.165) is 38.0 Å². The first-order valence-corrected chi connectivity index (χ1v) is 23.0. The highest BCUT2D eigenvalue weighted by Crippen LogP contribution is 2.17. The van der Waals surface area contributed by atoms with Gasteiger partial charge in [-0.25, -0.2) is 0 Å². The number of hydrogen-bond donors (Lipinski definition) is 2. The van der Waals surface area contributed by atoms with Crippen LogP contribution >= 0.6 is 0 Å². The van der Waals surface area contributed by atoms with Gasteiger partial charge in [0.2, 0.25) is 0 Å². The summed E-state index contributed by atoms with van der Waals surface area (Å²) in [6.45, 7) is 6.39. The molecular weight excluding hydrogens is 673 g/mol. The van der Waals surface area contributed by atoms with E-state index in [2.05, 4.69) is 39.0 Å². The lowest BCUT2D eigenvalue weighted by Gasteiger charge is -2.16. The molecule has 0 aromatic rings. The Hall–Kier alpha value is -1.92. The minimum atomic E-state index is -0.861. The van der Waals surface area contributed by atoms with Crippen molar-refractivity contribution >= 4 is 11.9 Å². The van der Waals surface area contributed by atoms with Crippen molar-refractivity contribution in [2.75, 3.05) is 13.2 Å². The highest BCUT2D eigenvalue weighted by molar-refractivity contribution is 5.70. The molecule has 6 heteroatoms. The van der Waals surface area contributed by atoms with Gasteiger partial charge in [-0.2, -0.15) is 0 Å². The van der Waals surface area contributed by atoms with Gasteiger partial charge in [-0.3, -0.25) is 9.59 Å². The number of allylic oxidation sites excluding steroid dienone is 5. The number of aliphatic hydroxyl groups is 2. The topological polar surface area (TPSA) is 93.1 Å². The highest BCUT2D eigenvalue weighted by atomic mass is 16.6. The number of carbonyl (C=O) groups excluding carboxylic acids is 2. The highest BCUT2D eigenvalue weighted by Gasteiger charge is 2.16. The first-order valence-electron chi connectivity index (χ1n) is 23.0. The Balaban J connectivity index is 3.64. The lowest BCUT2D eigenvalue weighted by molar-refractivity contribution is -0.161. The summed E-state index contributed by atoms with van der Waals surface area (Å²) >= 11 is 0. The van der Waals surface area contributed by atoms with Crippen LogP contribution in [0.15, 0.2) is 36.5 Å². The minimum absolute atomic E-state index is 0.133. The van der Waals surface area contributed by atoms with E-state index in [4.69, 9.17) is 9.47 Å². The lowest BCUT2D eigenvalue weighted by atomic mass is 9.99. The third-order valence-corrected chi connectivity index (χ3v) is 10.6. The molecule has 0 spiro atoms. The molecule has 2 N–H and O–H groups in total. The average molecular weight is 761 g/mol. The molecule has 0 rings (SSSR count). The van der Waals surface area contributed by atoms with Crippen LogP contribution in [0.2, 0.25) is 0 Å². The van der Waals surface area contributed by atoms with Crippen LogP contribution in [0.25, 0.3) is 0 Å². The number of ether oxygens (including phenoxy) is 2. The molecule has 316 valence electrons. The summed E-state index contributed by atoms with van der Waals surface area (Å²) in [6.07, 6.45) is 48.2. The van der Waals surface area contributed by atoms with Crippen LogP contribution in [0.4, 0.5) is 0 Å². The molecule has 6 nitrogen and oxygen atoms in total. The maximum absolute atomic E-state index is 12.2. The van der Waals surface area contributed by atoms with Crippen molar-refractivity contribution in [2.24, 2.45) is 5.92 Å². The number of unbranched alkanes of at least 4 members (excludes halogenated alkanes) is 23. The summed E-state index contributed by atoms with van der Waals surface area (Å²) in [6, 6.07) is 0. The van der Waals surface area contributed by atoms with Gasteiger partial charge >= 0.3 is 11.9 Å². The second-order valence-electron chi connectivity index (χ2n) is 15.9. The van der Waals surface area contributed by atoms with Gasteiger partial charge in [-0.05, 0) is 44.4 Å². The molecule has 0 saturated carbocycles. The SMILES string of the molecule is CCCCCCCC/C=C/C/C=C/C=C/C(O)CCCC(=O)O[C@@H](CO)COC(=O)CCCCCCCCCCCCCCCCCCCCC(C)CC. The normalized spacial score (nSPS) is 13.6. The van der Waals surface area contributed by atoms with E-state index < -0.39 is 24.8 Å². The van der Waals surface area contributed by atoms with E-state index in [9.17, 15) is 19.8 Å². The van der Waals surface area contributed by atoms with E-state index in [-0.39, 0.29) is 19.0 Å². The Morgan fingerprint density at radius 3 is 1.65 bits per heavy atom. The second-order valence-corrected chi connectivity index (χ2v) is 15.9. The molecular formula is C48H88O6. The van der Waals surface area contributed by atoms with Crippen LogP contribution in [-0.4, -0.2) is 47.6 Å². The van der Waals surface area contributed by atoms with Gasteiger partial charge in [0.1, 0.15) is 6.61 Å². The molecule has 2 unspecified atom stereocenters. The van der Waals surface area contributed by atoms with E-state index in [1.807, 2.05) is 12.2 Å². The molecule has 0 aliphatic rings. The monoisotopic (exact) mass is 761 g/mol. The molecule has 0 radical (unpaired) electrons. The summed E-state index contributed by atoms with van der Waals surface area (Å²) in [5, 5.41) is 19.7. The van der Waals surface area contributed by atoms with Gasteiger partial charge in [0.25, 0.3) is 0 Å². The maximum Gasteiger partial charge on any atom is 0.306 e. The number of carbonyl (C=O) groups is 2. The smallest absolute Gasteiger partial charge is 0.306 e. The van der Waals surface area contributed by atoms with Crippen molar-refractivity contribution in [1.82, 2.24) is 0 Å². The van der Waals surface area contributed by atoms with Gasteiger partial charge in [-0.1, -0.05) is 211 Å². The largest absolute Gasteiger partial charge is 0.462 e. The van der Waals surface area contributed by atoms with Crippen molar-refractivity contribution in [2.45, 2.75) is 238 Å². The molecule has 0 saturated heterocycles. The zero-order valence-electron chi connectivity index (χ0n) is 35.8. The molecule has 0 fully saturated rings. The number of aliphatic hydroxyl groups excluding tert-OH is 2. The van der Waals surface area contributed by atoms with Gasteiger partial charge in [0, 0.05) is 12.8 Å². The van der Waals surface area contributed by atoms with Crippen molar-refractivity contribution < 1.29 is 29.3 Å². The van der Waals surface area contributed by atoms with Crippen LogP contribution in [0, 0.1) is 5.92 Å². The molecule has 0 aliphatic heterocycles. The zero-order chi connectivity index (χ0) is 39.6. The Labute approximate surface area is 334 Å². The molecule has 0 aliphatic carbocycles. The van der Waals surface area contributed by atoms with Crippen LogP contribution in [0.1, 0.15) is 226 Å². The maximum atomic E-state index is 12.2. The first-order chi connectivity index (χ1) is 26.4. The predicted octanol–water partition coefficient (Wildman–Crippen LogP) is 13.6. The quantitative estimate of drug-likeness (QED) is 0.0279. The molecule has 0 heterocycles. The van der Waals surface area contributed by atoms with Crippen LogP contribution in [-0.2, 0) is 19.1 Å². The van der Waals surface area contributed by atoms with E-state index in [1.54, 1.807) is 6.08 Å². The van der Waals surface area contributed by atoms with Gasteiger partial charge < -0.3 is 19.7 Å². The Morgan fingerprint density at radius 2 is 1.09 bits per heavy atom. The van der Waals surface area contributed by atoms with Crippen LogP contribution in [0.5, 0.6) is 0 Å². The van der Waals surface area contributed by atoms with Crippen molar-refractivity contribution in [1.29, 1.82) is 0 Å². The summed E-state index contributed by atoms with van der Waals surface area (Å²) in [4.78, 5) is 24.4. The summed E-state index contributed by atoms with van der Waals surface area (Å²) < 4.78 is 10.5. The van der Waals surface area contributed by atoms with Gasteiger partial charge in [0.05, 0.1) is 12.7 Å². The molecule has 54 heavy (non-hydrogen) atoms. The molecule has 0 aromatic heterocycles. The van der Waals surface area contributed by atoms with Crippen LogP contribution in [0.3, 0.4) is 0 Å². The standard InChI is InChI=1S/C48H88O6/c1-4-6-7-8-9-10-11-18-22-25-28-31-34-38-45(50)39-36-41-48(52)54-46(42-49)43-53-47(51)40-35-32-29-26-23-20-17-15-13-12-14-16-19-21-24-27-30-33-37-44(3)5-2/h18,22,28,31,34,38,44-46,49-50H,4-17,19-21,23-27,29-30,32-33,35-37,39-43H2,1-3H3/b22-18+,31-28+,38-34+/t44?,45?,46-/m0/s1. The third-order valence-electron chi connectivity index (χ3n) is 10.6. The Kier molecular flexibility index (Phi) is 40.7. The summed E-state index contributed by atoms with van der Waals surface area (Å²) in [5.41, 5.74) is 0.